The highest BCUT2D eigenvalue weighted by Crippen LogP contribution is 2.42. The van der Waals surface area contributed by atoms with Crippen LogP contribution in [0.25, 0.3) is 0 Å². The van der Waals surface area contributed by atoms with Gasteiger partial charge in [-0.3, -0.25) is 24.6 Å². The van der Waals surface area contributed by atoms with E-state index >= 15 is 0 Å². The lowest BCUT2D eigenvalue weighted by atomic mass is 10.1. The molecule has 3 unspecified atom stereocenters. The lowest BCUT2D eigenvalue weighted by Gasteiger charge is -2.49. The number of hydrogen-bond acceptors (Lipinski definition) is 11. The minimum absolute atomic E-state index is 0.0632. The van der Waals surface area contributed by atoms with E-state index in [4.69, 9.17) is 30.5 Å². The maximum absolute atomic E-state index is 12.7. The molecule has 6 rings (SSSR count). The van der Waals surface area contributed by atoms with Crippen LogP contribution >= 0.6 is 23.4 Å². The van der Waals surface area contributed by atoms with Crippen molar-refractivity contribution in [3.05, 3.63) is 99.2 Å². The minimum atomic E-state index is -0.871. The van der Waals surface area contributed by atoms with Crippen LogP contribution in [-0.4, -0.2) is 73.7 Å². The number of non-ortho nitro benzene ring substituents is 1. The number of fused-ring (bicyclic) bond motifs is 2. The molecule has 3 heterocycles. The van der Waals surface area contributed by atoms with E-state index < -0.39 is 45.3 Å². The van der Waals surface area contributed by atoms with Gasteiger partial charge < -0.3 is 28.8 Å². The summed E-state index contributed by atoms with van der Waals surface area (Å²) in [5, 5.41) is 13.2. The fraction of sp³-hybridized carbons (Fsp3) is 0.410. The number of β-lactam (4-membered cyclic amide) rings is 1. The monoisotopic (exact) mass is 813 g/mol. The number of nitrogens with zero attached hydrogens (tertiary/aromatic N) is 2. The van der Waals surface area contributed by atoms with E-state index in [1.165, 1.54) is 78.6 Å². The Hall–Kier alpha value is -4.44. The smallest absolute Gasteiger partial charge is 0.361 e. The number of esters is 1. The van der Waals surface area contributed by atoms with Gasteiger partial charge in [-0.25, -0.2) is 4.79 Å². The zero-order chi connectivity index (χ0) is 39.3. The number of halogens is 1. The summed E-state index contributed by atoms with van der Waals surface area (Å²) < 4.78 is 33.7. The molecule has 0 aliphatic carbocycles. The lowest BCUT2D eigenvalue weighted by molar-refractivity contribution is -0.384. The van der Waals surface area contributed by atoms with Crippen molar-refractivity contribution in [1.82, 2.24) is 10.2 Å². The Labute approximate surface area is 332 Å². The summed E-state index contributed by atoms with van der Waals surface area (Å²) in [7, 11) is 0. The number of nitrogens with one attached hydrogen (secondary N) is 1. The summed E-state index contributed by atoms with van der Waals surface area (Å²) in [4.78, 5) is 49.0. The number of ether oxygens (including phenoxy) is 4. The molecule has 55 heavy (non-hydrogen) atoms. The molecule has 3 aromatic rings. The molecule has 3 aliphatic heterocycles. The standard InChI is InChI=1S/C21H16ClN3O7S.C18H28O3S/c22-15-11-33-20-17(23-16(26)10-31-13-4-2-1-3-5-13)19(27)24(20)18(15)21(28)32-14-8-6-12(7-9-14)25(29)30;1-3-4-5-6-7-8-11-22(19)15(2)12-16-9-10-17-18(13-16)21-14-20-17/h1-9,17,20H,10-11H2,(H,23,26);9-10,13,15H,3-8,11-12,14H2,1-2H3/t17?,20-;/m1./s1. The molecule has 0 bridgehead atoms. The first-order valence-electron chi connectivity index (χ1n) is 18.1. The highest BCUT2D eigenvalue weighted by molar-refractivity contribution is 8.00. The predicted molar refractivity (Wildman–Crippen MR) is 211 cm³/mol. The van der Waals surface area contributed by atoms with Crippen LogP contribution in [0.3, 0.4) is 0 Å². The number of carbonyl (C=O) groups excluding carboxylic acids is 3. The van der Waals surface area contributed by atoms with Gasteiger partial charge in [-0.2, -0.15) is 0 Å². The molecule has 16 heteroatoms. The normalized spacial score (nSPS) is 17.9. The molecule has 294 valence electrons. The lowest BCUT2D eigenvalue weighted by Crippen LogP contribution is -2.70. The molecule has 3 aromatic carbocycles. The highest BCUT2D eigenvalue weighted by atomic mass is 35.5. The molecule has 0 saturated carbocycles. The molecular weight excluding hydrogens is 770 g/mol. The number of rotatable bonds is 17. The van der Waals surface area contributed by atoms with Crippen LogP contribution in [0.5, 0.6) is 23.0 Å². The van der Waals surface area contributed by atoms with E-state index in [-0.39, 0.29) is 39.8 Å². The Morgan fingerprint density at radius 3 is 2.45 bits per heavy atom. The van der Waals surface area contributed by atoms with Crippen LogP contribution in [0.15, 0.2) is 83.5 Å². The third-order valence-electron chi connectivity index (χ3n) is 8.91. The van der Waals surface area contributed by atoms with Crippen LogP contribution in [0.4, 0.5) is 5.69 Å². The highest BCUT2D eigenvalue weighted by Gasteiger charge is 2.54. The van der Waals surface area contributed by atoms with Crippen LogP contribution in [-0.2, 0) is 32.0 Å². The number of amides is 2. The van der Waals surface area contributed by atoms with E-state index in [2.05, 4.69) is 19.2 Å². The molecule has 1 N–H and O–H groups in total. The summed E-state index contributed by atoms with van der Waals surface area (Å²) in [6.07, 6.45) is 8.32. The molecule has 0 radical (unpaired) electrons. The van der Waals surface area contributed by atoms with Crippen LogP contribution in [0, 0.1) is 10.1 Å². The maximum Gasteiger partial charge on any atom is 0.361 e. The number of nitro benzene ring substituents is 1. The van der Waals surface area contributed by atoms with Gasteiger partial charge in [0, 0.05) is 24.3 Å². The van der Waals surface area contributed by atoms with Gasteiger partial charge in [-0.15, -0.1) is 11.8 Å². The minimum Gasteiger partial charge on any atom is -0.616 e. The van der Waals surface area contributed by atoms with E-state index in [1.54, 1.807) is 24.3 Å². The first-order valence-corrected chi connectivity index (χ1v) is 20.9. The van der Waals surface area contributed by atoms with Crippen molar-refractivity contribution in [2.75, 3.05) is 24.9 Å². The van der Waals surface area contributed by atoms with Gasteiger partial charge in [0.05, 0.1) is 9.96 Å². The third kappa shape index (κ3) is 11.5. The molecule has 0 spiro atoms. The quantitative estimate of drug-likeness (QED) is 0.0287. The Morgan fingerprint density at radius 1 is 1.02 bits per heavy atom. The van der Waals surface area contributed by atoms with Gasteiger partial charge >= 0.3 is 5.97 Å². The third-order valence-corrected chi connectivity index (χ3v) is 12.4. The Balaban J connectivity index is 0.000000229. The number of thioether (sulfide) groups is 1. The van der Waals surface area contributed by atoms with E-state index in [0.717, 1.165) is 30.1 Å². The van der Waals surface area contributed by atoms with Crippen molar-refractivity contribution >= 4 is 58.0 Å². The second-order valence-corrected chi connectivity index (χ2v) is 16.5. The molecule has 0 aromatic heterocycles. The SMILES string of the molecule is CCCCCCCC[S+]([O-])C(C)Cc1ccc2c(c1)OCO2.O=C(COc1ccccc1)NC1C(=O)N2C(C(=O)Oc3ccc([N+](=O)[O-])cc3)=C(Cl)CS[C@H]12. The van der Waals surface area contributed by atoms with E-state index in [1.807, 2.05) is 24.3 Å². The largest absolute Gasteiger partial charge is 0.616 e. The zero-order valence-corrected chi connectivity index (χ0v) is 33.0. The molecule has 4 atom stereocenters. The fourth-order valence-corrected chi connectivity index (χ4v) is 8.78. The van der Waals surface area contributed by atoms with Crippen LogP contribution in [0.2, 0.25) is 0 Å². The Kier molecular flexibility index (Phi) is 15.5. The number of nitro groups is 1. The summed E-state index contributed by atoms with van der Waals surface area (Å²) in [5.41, 5.74) is 0.900. The number of unbranched alkanes of at least 4 members (excludes halogenated alkanes) is 5. The van der Waals surface area contributed by atoms with Gasteiger partial charge in [0.2, 0.25) is 6.79 Å². The van der Waals surface area contributed by atoms with Gasteiger partial charge in [0.25, 0.3) is 17.5 Å². The molecule has 13 nitrogen and oxygen atoms in total. The van der Waals surface area contributed by atoms with Crippen LogP contribution < -0.4 is 24.3 Å². The van der Waals surface area contributed by atoms with Gasteiger partial charge in [0.15, 0.2) is 18.1 Å². The van der Waals surface area contributed by atoms with E-state index in [9.17, 15) is 29.1 Å². The zero-order valence-electron chi connectivity index (χ0n) is 30.6. The molecule has 3 aliphatic rings. The van der Waals surface area contributed by atoms with Gasteiger partial charge in [-0.1, -0.05) is 79.6 Å². The van der Waals surface area contributed by atoms with Crippen molar-refractivity contribution in [2.24, 2.45) is 0 Å². The fourth-order valence-electron chi connectivity index (χ4n) is 5.96. The summed E-state index contributed by atoms with van der Waals surface area (Å²) in [6.45, 7) is 4.35. The number of carbonyl (C=O) groups is 3. The predicted octanol–water partition coefficient (Wildman–Crippen LogP) is 6.89. The molecular formula is C39H44ClN3O10S2. The second kappa shape index (κ2) is 20.5. The Morgan fingerprint density at radius 2 is 1.73 bits per heavy atom. The average molecular weight is 814 g/mol. The number of benzene rings is 3. The molecule has 1 saturated heterocycles. The molecule has 2 amide bonds. The van der Waals surface area contributed by atoms with Crippen molar-refractivity contribution < 1.29 is 42.8 Å². The first-order chi connectivity index (χ1) is 26.5. The maximum atomic E-state index is 12.7. The van der Waals surface area contributed by atoms with Gasteiger partial charge in [0.1, 0.15) is 39.6 Å². The topological polar surface area (TPSA) is 170 Å². The molecule has 1 fully saturated rings. The average Bonchev–Trinajstić information content (AvgIpc) is 3.66. The number of hydrogen-bond donors (Lipinski definition) is 1. The van der Waals surface area contributed by atoms with Crippen LogP contribution in [0.1, 0.15) is 57.9 Å². The van der Waals surface area contributed by atoms with Crippen molar-refractivity contribution in [2.45, 2.75) is 75.5 Å². The Bertz CT molecular complexity index is 1830. The summed E-state index contributed by atoms with van der Waals surface area (Å²) in [5.74, 6) is 1.43. The first kappa shape index (κ1) is 41.7. The van der Waals surface area contributed by atoms with Crippen molar-refractivity contribution in [3.8, 4) is 23.0 Å². The van der Waals surface area contributed by atoms with Crippen molar-refractivity contribution in [1.29, 1.82) is 0 Å². The summed E-state index contributed by atoms with van der Waals surface area (Å²) in [6, 6.07) is 18.9. The summed E-state index contributed by atoms with van der Waals surface area (Å²) >= 11 is 6.76. The second-order valence-electron chi connectivity index (χ2n) is 13.0. The van der Waals surface area contributed by atoms with E-state index in [0.29, 0.717) is 12.5 Å². The number of para-hydroxylation sites is 1. The van der Waals surface area contributed by atoms with Gasteiger partial charge in [-0.05, 0) is 61.7 Å². The van der Waals surface area contributed by atoms with Crippen molar-refractivity contribution in [3.63, 3.8) is 0 Å².